The summed E-state index contributed by atoms with van der Waals surface area (Å²) >= 11 is 0. The first kappa shape index (κ1) is 21.6. The third kappa shape index (κ3) is 4.23. The number of aromatic nitrogens is 4. The average Bonchev–Trinajstić information content (AvgIpc) is 3.20. The zero-order valence-corrected chi connectivity index (χ0v) is 18.0. The lowest BCUT2D eigenvalue weighted by Crippen LogP contribution is -2.39. The van der Waals surface area contributed by atoms with Crippen molar-refractivity contribution in [3.63, 3.8) is 0 Å². The van der Waals surface area contributed by atoms with E-state index in [1.54, 1.807) is 36.9 Å². The van der Waals surface area contributed by atoms with Crippen LogP contribution in [0, 0.1) is 18.8 Å². The van der Waals surface area contributed by atoms with E-state index in [0.29, 0.717) is 30.1 Å². The van der Waals surface area contributed by atoms with E-state index in [1.807, 2.05) is 24.3 Å². The van der Waals surface area contributed by atoms with Crippen molar-refractivity contribution in [3.05, 3.63) is 71.1 Å². The Balaban J connectivity index is 1.60. The van der Waals surface area contributed by atoms with Crippen LogP contribution in [-0.2, 0) is 4.79 Å². The van der Waals surface area contributed by atoms with Gasteiger partial charge in [-0.25, -0.2) is 9.67 Å². The number of hydrogen-bond donors (Lipinski definition) is 0. The minimum absolute atomic E-state index is 0.178. The Hall–Kier alpha value is -3.62. The number of halogens is 2. The molecule has 0 aliphatic carbocycles. The second-order valence-electron chi connectivity index (χ2n) is 7.63. The summed E-state index contributed by atoms with van der Waals surface area (Å²) in [6, 6.07) is 7.44. The highest BCUT2D eigenvalue weighted by Crippen LogP contribution is 2.31. The van der Waals surface area contributed by atoms with Crippen molar-refractivity contribution >= 4 is 12.0 Å². The van der Waals surface area contributed by atoms with Gasteiger partial charge in [-0.05, 0) is 62.6 Å². The van der Waals surface area contributed by atoms with Gasteiger partial charge in [0.15, 0.2) is 0 Å². The van der Waals surface area contributed by atoms with Crippen LogP contribution < -0.4 is 4.74 Å². The number of rotatable bonds is 5. The van der Waals surface area contributed by atoms with Crippen molar-refractivity contribution in [2.75, 3.05) is 13.7 Å². The normalized spacial score (nSPS) is 16.5. The zero-order valence-electron chi connectivity index (χ0n) is 18.0. The highest BCUT2D eigenvalue weighted by atomic mass is 19.1. The van der Waals surface area contributed by atoms with E-state index in [9.17, 15) is 13.6 Å². The zero-order chi connectivity index (χ0) is 22.8. The molecule has 4 rings (SSSR count). The maximum atomic E-state index is 14.2. The van der Waals surface area contributed by atoms with Crippen LogP contribution in [0.25, 0.3) is 11.8 Å². The standard InChI is InChI=1S/C23H23F2N5O2/c1-14(18-7-9-21(24)27-22(18)25)29-10-4-5-17(23(29)31)11-16-6-8-19(20(12-16)32-3)30-13-26-15(2)28-30/h6-9,11-14H,4-5,10H2,1-3H3/b17-11+/t14-/m1/s1. The lowest BCUT2D eigenvalue weighted by Gasteiger charge is -2.34. The summed E-state index contributed by atoms with van der Waals surface area (Å²) in [7, 11) is 1.57. The fraction of sp³-hybridized carbons (Fsp3) is 0.304. The van der Waals surface area contributed by atoms with Crippen molar-refractivity contribution < 1.29 is 18.3 Å². The van der Waals surface area contributed by atoms with E-state index in [1.165, 1.54) is 6.07 Å². The topological polar surface area (TPSA) is 73.1 Å². The SMILES string of the molecule is COc1cc(/C=C2\CCCN([C@H](C)c3ccc(F)nc3F)C2=O)ccc1-n1cnc(C)n1. The average molecular weight is 439 g/mol. The fourth-order valence-electron chi connectivity index (χ4n) is 3.87. The van der Waals surface area contributed by atoms with E-state index in [-0.39, 0.29) is 11.5 Å². The summed E-state index contributed by atoms with van der Waals surface area (Å²) in [5.74, 6) is -0.722. The van der Waals surface area contributed by atoms with Gasteiger partial charge in [0, 0.05) is 17.7 Å². The summed E-state index contributed by atoms with van der Waals surface area (Å²) < 4.78 is 34.5. The highest BCUT2D eigenvalue weighted by molar-refractivity contribution is 5.98. The van der Waals surface area contributed by atoms with Crippen LogP contribution >= 0.6 is 0 Å². The molecule has 1 aliphatic heterocycles. The van der Waals surface area contributed by atoms with Gasteiger partial charge < -0.3 is 9.64 Å². The van der Waals surface area contributed by atoms with E-state index in [2.05, 4.69) is 15.1 Å². The summed E-state index contributed by atoms with van der Waals surface area (Å²) in [4.78, 5) is 22.1. The fourth-order valence-corrected chi connectivity index (χ4v) is 3.87. The van der Waals surface area contributed by atoms with Crippen LogP contribution in [0.1, 0.15) is 42.8 Å². The van der Waals surface area contributed by atoms with Gasteiger partial charge in [0.25, 0.3) is 0 Å². The molecule has 9 heteroatoms. The third-order valence-corrected chi connectivity index (χ3v) is 5.54. The Kier molecular flexibility index (Phi) is 5.98. The summed E-state index contributed by atoms with van der Waals surface area (Å²) in [6.07, 6.45) is 4.78. The number of benzene rings is 1. The molecule has 1 aliphatic rings. The van der Waals surface area contributed by atoms with Crippen molar-refractivity contribution in [2.24, 2.45) is 0 Å². The molecule has 1 amide bonds. The van der Waals surface area contributed by atoms with E-state index in [0.717, 1.165) is 23.7 Å². The molecule has 1 atom stereocenters. The number of amides is 1. The number of carbonyl (C=O) groups excluding carboxylic acids is 1. The number of nitrogens with zero attached hydrogens (tertiary/aromatic N) is 5. The number of likely N-dealkylation sites (tertiary alicyclic amines) is 1. The Morgan fingerprint density at radius 2 is 2.03 bits per heavy atom. The predicted octanol–water partition coefficient (Wildman–Crippen LogP) is 4.02. The minimum atomic E-state index is -0.898. The monoisotopic (exact) mass is 439 g/mol. The van der Waals surface area contributed by atoms with Crippen molar-refractivity contribution in [1.82, 2.24) is 24.6 Å². The maximum Gasteiger partial charge on any atom is 0.250 e. The van der Waals surface area contributed by atoms with E-state index in [4.69, 9.17) is 4.74 Å². The number of hydrogen-bond acceptors (Lipinski definition) is 5. The molecule has 3 heterocycles. The van der Waals surface area contributed by atoms with Crippen LogP contribution in [0.5, 0.6) is 5.75 Å². The maximum absolute atomic E-state index is 14.2. The largest absolute Gasteiger partial charge is 0.494 e. The number of carbonyl (C=O) groups is 1. The molecular formula is C23H23F2N5O2. The van der Waals surface area contributed by atoms with Gasteiger partial charge in [0.2, 0.25) is 17.8 Å². The van der Waals surface area contributed by atoms with Crippen LogP contribution in [0.4, 0.5) is 8.78 Å². The van der Waals surface area contributed by atoms with Crippen LogP contribution in [0.2, 0.25) is 0 Å². The van der Waals surface area contributed by atoms with Crippen molar-refractivity contribution in [3.8, 4) is 11.4 Å². The van der Waals surface area contributed by atoms with Gasteiger partial charge >= 0.3 is 0 Å². The van der Waals surface area contributed by atoms with Crippen molar-refractivity contribution in [2.45, 2.75) is 32.7 Å². The van der Waals surface area contributed by atoms with E-state index >= 15 is 0 Å². The van der Waals surface area contributed by atoms with Crippen LogP contribution in [0.3, 0.4) is 0 Å². The number of pyridine rings is 1. The molecule has 166 valence electrons. The molecule has 3 aromatic rings. The quantitative estimate of drug-likeness (QED) is 0.443. The second kappa shape index (κ2) is 8.86. The first-order valence-corrected chi connectivity index (χ1v) is 10.3. The smallest absolute Gasteiger partial charge is 0.250 e. The molecule has 1 saturated heterocycles. The molecule has 32 heavy (non-hydrogen) atoms. The Morgan fingerprint density at radius 3 is 2.72 bits per heavy atom. The van der Waals surface area contributed by atoms with Gasteiger partial charge in [-0.2, -0.15) is 18.9 Å². The predicted molar refractivity (Wildman–Crippen MR) is 114 cm³/mol. The van der Waals surface area contributed by atoms with Crippen LogP contribution in [0.15, 0.2) is 42.2 Å². The first-order valence-electron chi connectivity index (χ1n) is 10.3. The first-order chi connectivity index (χ1) is 15.4. The number of ether oxygens (including phenoxy) is 1. The highest BCUT2D eigenvalue weighted by Gasteiger charge is 2.29. The van der Waals surface area contributed by atoms with Gasteiger partial charge in [-0.3, -0.25) is 4.79 Å². The molecular weight excluding hydrogens is 416 g/mol. The number of piperidine rings is 1. The van der Waals surface area contributed by atoms with Gasteiger partial charge in [-0.1, -0.05) is 6.07 Å². The molecule has 1 aromatic carbocycles. The van der Waals surface area contributed by atoms with Gasteiger partial charge in [0.1, 0.15) is 23.6 Å². The molecule has 0 spiro atoms. The lowest BCUT2D eigenvalue weighted by atomic mass is 9.97. The Labute approximate surface area is 184 Å². The molecule has 0 bridgehead atoms. The molecule has 0 N–H and O–H groups in total. The lowest BCUT2D eigenvalue weighted by molar-refractivity contribution is -0.130. The molecule has 7 nitrogen and oxygen atoms in total. The molecule has 0 saturated carbocycles. The third-order valence-electron chi connectivity index (χ3n) is 5.54. The summed E-state index contributed by atoms with van der Waals surface area (Å²) in [5.41, 5.74) is 2.34. The summed E-state index contributed by atoms with van der Waals surface area (Å²) in [5, 5.41) is 4.31. The van der Waals surface area contributed by atoms with Gasteiger partial charge in [-0.15, -0.1) is 0 Å². The van der Waals surface area contributed by atoms with Crippen molar-refractivity contribution in [1.29, 1.82) is 0 Å². The molecule has 2 aromatic heterocycles. The van der Waals surface area contributed by atoms with E-state index < -0.39 is 17.9 Å². The molecule has 0 unspecified atom stereocenters. The van der Waals surface area contributed by atoms with Gasteiger partial charge in [0.05, 0.1) is 13.2 Å². The second-order valence-corrected chi connectivity index (χ2v) is 7.63. The van der Waals surface area contributed by atoms with Crippen LogP contribution in [-0.4, -0.2) is 44.2 Å². The number of aryl methyl sites for hydroxylation is 1. The molecule has 1 fully saturated rings. The minimum Gasteiger partial charge on any atom is -0.494 e. The molecule has 0 radical (unpaired) electrons. The Morgan fingerprint density at radius 1 is 1.22 bits per heavy atom. The number of methoxy groups -OCH3 is 1. The Bertz CT molecular complexity index is 1190. The summed E-state index contributed by atoms with van der Waals surface area (Å²) in [6.45, 7) is 4.01.